The number of hydrogen-bond acceptors (Lipinski definition) is 6. The van der Waals surface area contributed by atoms with Crippen molar-refractivity contribution in [3.8, 4) is 0 Å². The van der Waals surface area contributed by atoms with Gasteiger partial charge in [-0.3, -0.25) is 24.0 Å². The normalized spacial score (nSPS) is 26.0. The highest BCUT2D eigenvalue weighted by atomic mass is 16.5. The third-order valence-electron chi connectivity index (χ3n) is 7.10. The van der Waals surface area contributed by atoms with Crippen molar-refractivity contribution in [2.24, 2.45) is 5.92 Å². The van der Waals surface area contributed by atoms with Gasteiger partial charge in [0.2, 0.25) is 23.6 Å². The monoisotopic (exact) mass is 543 g/mol. The lowest BCUT2D eigenvalue weighted by Gasteiger charge is -2.30. The summed E-state index contributed by atoms with van der Waals surface area (Å²) in [7, 11) is 1.50. The van der Waals surface area contributed by atoms with Crippen molar-refractivity contribution in [1.29, 1.82) is 0 Å². The summed E-state index contributed by atoms with van der Waals surface area (Å²) >= 11 is 0. The van der Waals surface area contributed by atoms with Crippen LogP contribution in [0.5, 0.6) is 0 Å². The quantitative estimate of drug-likeness (QED) is 0.486. The average Bonchev–Trinajstić information content (AvgIpc) is 3.45. The van der Waals surface area contributed by atoms with Gasteiger partial charge in [-0.15, -0.1) is 0 Å². The molecule has 0 aromatic heterocycles. The van der Waals surface area contributed by atoms with Gasteiger partial charge >= 0.3 is 0 Å². The number of hydrogen-bond donors (Lipinski definition) is 3. The van der Waals surface area contributed by atoms with E-state index in [1.165, 1.54) is 16.8 Å². The van der Waals surface area contributed by atoms with Gasteiger partial charge in [-0.05, 0) is 37.7 Å². The van der Waals surface area contributed by atoms with Gasteiger partial charge in [0.25, 0.3) is 5.91 Å². The lowest BCUT2D eigenvalue weighted by molar-refractivity contribution is -0.145. The number of likely N-dealkylation sites (N-methyl/N-ethyl adjacent to an activating group) is 1. The zero-order valence-electron chi connectivity index (χ0n) is 23.3. The van der Waals surface area contributed by atoms with Crippen molar-refractivity contribution >= 4 is 29.5 Å². The molecule has 1 aromatic carbocycles. The molecule has 2 heterocycles. The molecule has 11 heteroatoms. The van der Waals surface area contributed by atoms with Crippen molar-refractivity contribution in [2.45, 2.75) is 70.7 Å². The summed E-state index contributed by atoms with van der Waals surface area (Å²) in [6.07, 6.45) is 1.28. The Balaban J connectivity index is 1.89. The summed E-state index contributed by atoms with van der Waals surface area (Å²) in [5.41, 5.74) is 0.856. The SMILES string of the molecule is CC(C)C[C@@H]1NC(=O)CN(C(=O)[C@@H]2CCCO2)CCNC(=O)[C@H](Cc2ccccc2)NC(=O)[C@H](C)N(C)C1=O. The maximum absolute atomic E-state index is 13.4. The minimum Gasteiger partial charge on any atom is -0.368 e. The fraction of sp³-hybridized carbons (Fsp3) is 0.607. The lowest BCUT2D eigenvalue weighted by Crippen LogP contribution is -2.57. The van der Waals surface area contributed by atoms with Crippen LogP contribution in [0.1, 0.15) is 45.6 Å². The molecule has 0 saturated carbocycles. The molecule has 3 N–H and O–H groups in total. The highest BCUT2D eigenvalue weighted by Crippen LogP contribution is 2.15. The van der Waals surface area contributed by atoms with Crippen molar-refractivity contribution in [3.63, 3.8) is 0 Å². The van der Waals surface area contributed by atoms with Crippen LogP contribution in [0, 0.1) is 5.92 Å². The first-order valence-electron chi connectivity index (χ1n) is 13.6. The van der Waals surface area contributed by atoms with E-state index in [9.17, 15) is 24.0 Å². The van der Waals surface area contributed by atoms with Crippen molar-refractivity contribution in [2.75, 3.05) is 33.3 Å². The molecule has 3 rings (SSSR count). The number of nitrogens with one attached hydrogen (secondary N) is 3. The minimum absolute atomic E-state index is 0.0724. The third kappa shape index (κ3) is 8.51. The number of ether oxygens (including phenoxy) is 1. The summed E-state index contributed by atoms with van der Waals surface area (Å²) in [5, 5.41) is 8.37. The van der Waals surface area contributed by atoms with E-state index >= 15 is 0 Å². The van der Waals surface area contributed by atoms with Gasteiger partial charge in [0, 0.05) is 33.2 Å². The van der Waals surface area contributed by atoms with E-state index in [-0.39, 0.29) is 37.9 Å². The third-order valence-corrected chi connectivity index (χ3v) is 7.10. The molecule has 5 amide bonds. The van der Waals surface area contributed by atoms with Gasteiger partial charge in [-0.1, -0.05) is 44.2 Å². The first kappa shape index (κ1) is 30.1. The van der Waals surface area contributed by atoms with Crippen LogP contribution in [0.4, 0.5) is 0 Å². The Morgan fingerprint density at radius 3 is 2.41 bits per heavy atom. The zero-order valence-corrected chi connectivity index (χ0v) is 23.3. The lowest BCUT2D eigenvalue weighted by atomic mass is 10.0. The second-order valence-corrected chi connectivity index (χ2v) is 10.7. The van der Waals surface area contributed by atoms with E-state index in [0.717, 1.165) is 12.0 Å². The molecule has 0 aliphatic carbocycles. The predicted molar refractivity (Wildman–Crippen MR) is 144 cm³/mol. The highest BCUT2D eigenvalue weighted by Gasteiger charge is 2.34. The van der Waals surface area contributed by atoms with Crippen molar-refractivity contribution in [1.82, 2.24) is 25.8 Å². The molecule has 1 aromatic rings. The molecule has 4 atom stereocenters. The summed E-state index contributed by atoms with van der Waals surface area (Å²) in [4.78, 5) is 68.7. The number of amides is 5. The summed E-state index contributed by atoms with van der Waals surface area (Å²) in [6.45, 7) is 5.80. The molecular weight excluding hydrogens is 502 g/mol. The summed E-state index contributed by atoms with van der Waals surface area (Å²) in [5.74, 6) is -2.06. The molecule has 0 radical (unpaired) electrons. The Morgan fingerprint density at radius 1 is 1.05 bits per heavy atom. The Bertz CT molecular complexity index is 1030. The maximum atomic E-state index is 13.4. The van der Waals surface area contributed by atoms with E-state index in [1.807, 2.05) is 44.2 Å². The van der Waals surface area contributed by atoms with Gasteiger partial charge in [0.05, 0.1) is 6.54 Å². The van der Waals surface area contributed by atoms with Crippen LogP contribution in [-0.4, -0.2) is 96.9 Å². The smallest absolute Gasteiger partial charge is 0.252 e. The largest absolute Gasteiger partial charge is 0.368 e. The van der Waals surface area contributed by atoms with Crippen LogP contribution in [0.25, 0.3) is 0 Å². The molecule has 2 fully saturated rings. The van der Waals surface area contributed by atoms with Crippen LogP contribution in [0.15, 0.2) is 30.3 Å². The van der Waals surface area contributed by atoms with Gasteiger partial charge in [-0.25, -0.2) is 0 Å². The molecule has 0 unspecified atom stereocenters. The van der Waals surface area contributed by atoms with Crippen LogP contribution in [-0.2, 0) is 35.1 Å². The van der Waals surface area contributed by atoms with Crippen LogP contribution >= 0.6 is 0 Å². The van der Waals surface area contributed by atoms with Gasteiger partial charge < -0.3 is 30.5 Å². The first-order valence-corrected chi connectivity index (χ1v) is 13.6. The fourth-order valence-electron chi connectivity index (χ4n) is 4.75. The second kappa shape index (κ2) is 14.1. The topological polar surface area (TPSA) is 137 Å². The molecule has 2 aliphatic rings. The minimum atomic E-state index is -0.899. The molecule has 0 bridgehead atoms. The molecule has 2 saturated heterocycles. The zero-order chi connectivity index (χ0) is 28.5. The first-order chi connectivity index (χ1) is 18.6. The van der Waals surface area contributed by atoms with Crippen molar-refractivity contribution < 1.29 is 28.7 Å². The Hall–Kier alpha value is -3.47. The fourth-order valence-corrected chi connectivity index (χ4v) is 4.75. The van der Waals surface area contributed by atoms with Gasteiger partial charge in [0.1, 0.15) is 24.2 Å². The van der Waals surface area contributed by atoms with Gasteiger partial charge in [-0.2, -0.15) is 0 Å². The van der Waals surface area contributed by atoms with Crippen LogP contribution in [0.2, 0.25) is 0 Å². The summed E-state index contributed by atoms with van der Waals surface area (Å²) in [6, 6.07) is 6.64. The highest BCUT2D eigenvalue weighted by molar-refractivity contribution is 5.95. The predicted octanol–water partition coefficient (Wildman–Crippen LogP) is 0.229. The number of carbonyl (C=O) groups excluding carboxylic acids is 5. The van der Waals surface area contributed by atoms with Crippen LogP contribution < -0.4 is 16.0 Å². The molecule has 214 valence electrons. The number of nitrogens with zero attached hydrogens (tertiary/aromatic N) is 2. The van der Waals surface area contributed by atoms with E-state index in [4.69, 9.17) is 4.74 Å². The second-order valence-electron chi connectivity index (χ2n) is 10.7. The van der Waals surface area contributed by atoms with E-state index in [2.05, 4.69) is 16.0 Å². The van der Waals surface area contributed by atoms with E-state index in [1.54, 1.807) is 6.92 Å². The Kier molecular flexibility index (Phi) is 10.8. The Labute approximate surface area is 230 Å². The molecular formula is C28H41N5O6. The molecule has 2 aliphatic heterocycles. The average molecular weight is 544 g/mol. The van der Waals surface area contributed by atoms with Crippen LogP contribution in [0.3, 0.4) is 0 Å². The number of benzene rings is 1. The summed E-state index contributed by atoms with van der Waals surface area (Å²) < 4.78 is 5.54. The van der Waals surface area contributed by atoms with E-state index in [0.29, 0.717) is 19.4 Å². The number of carbonyl (C=O) groups is 5. The molecule has 39 heavy (non-hydrogen) atoms. The van der Waals surface area contributed by atoms with E-state index < -0.39 is 47.9 Å². The standard InChI is InChI=1S/C28H41N5O6/c1-18(2)15-22-27(37)32(4)19(3)25(35)31-21(16-20-9-6-5-7-10-20)26(36)29-12-13-33(17-24(34)30-22)28(38)23-11-8-14-39-23/h5-7,9-10,18-19,21-23H,8,11-17H2,1-4H3,(H,29,36)(H,30,34)(H,31,35)/t19-,21-,22-,23-/m0/s1. The Morgan fingerprint density at radius 2 is 1.77 bits per heavy atom. The van der Waals surface area contributed by atoms with Gasteiger partial charge in [0.15, 0.2) is 0 Å². The molecule has 0 spiro atoms. The number of rotatable bonds is 5. The van der Waals surface area contributed by atoms with Crippen molar-refractivity contribution in [3.05, 3.63) is 35.9 Å². The maximum Gasteiger partial charge on any atom is 0.252 e. The molecule has 11 nitrogen and oxygen atoms in total.